The molecule has 1 aromatic heterocycles. The molecule has 0 bridgehead atoms. The number of aromatic nitrogens is 1. The number of hydrogen-bond acceptors (Lipinski definition) is 3. The molecule has 0 atom stereocenters. The minimum atomic E-state index is -1.56. The van der Waals surface area contributed by atoms with E-state index >= 15 is 0 Å². The van der Waals surface area contributed by atoms with Crippen molar-refractivity contribution in [2.45, 2.75) is 20.3 Å². The summed E-state index contributed by atoms with van der Waals surface area (Å²) in [6.45, 7) is 3.81. The Morgan fingerprint density at radius 2 is 1.86 bits per heavy atom. The Kier molecular flexibility index (Phi) is 4.32. The van der Waals surface area contributed by atoms with Gasteiger partial charge in [-0.25, -0.2) is 22.9 Å². The van der Waals surface area contributed by atoms with Crippen LogP contribution < -0.4 is 0 Å². The molecule has 1 heterocycles. The van der Waals surface area contributed by atoms with Gasteiger partial charge in [-0.05, 0) is 24.5 Å². The molecule has 0 saturated heterocycles. The lowest BCUT2D eigenvalue weighted by Crippen LogP contribution is -2.02. The predicted octanol–water partition coefficient (Wildman–Crippen LogP) is 4.12. The SMILES string of the molecule is CC(C)Cc1nc(-c2cc(F)c(F)c(F)c2)sc1C(=O)O. The number of carboxylic acids is 1. The van der Waals surface area contributed by atoms with E-state index in [1.165, 1.54) is 0 Å². The van der Waals surface area contributed by atoms with Crippen LogP contribution in [0.25, 0.3) is 10.6 Å². The molecule has 0 spiro atoms. The number of hydrogen-bond donors (Lipinski definition) is 1. The Bertz CT molecular complexity index is 675. The van der Waals surface area contributed by atoms with Crippen molar-refractivity contribution in [1.29, 1.82) is 0 Å². The molecule has 0 fully saturated rings. The van der Waals surface area contributed by atoms with Gasteiger partial charge in [-0.15, -0.1) is 11.3 Å². The van der Waals surface area contributed by atoms with Crippen LogP contribution in [0, 0.1) is 23.4 Å². The van der Waals surface area contributed by atoms with Gasteiger partial charge in [0.1, 0.15) is 9.88 Å². The van der Waals surface area contributed by atoms with Crippen LogP contribution in [-0.2, 0) is 6.42 Å². The van der Waals surface area contributed by atoms with E-state index in [0.29, 0.717) is 12.1 Å². The normalized spacial score (nSPS) is 11.1. The summed E-state index contributed by atoms with van der Waals surface area (Å²) in [5.41, 5.74) is 0.386. The Labute approximate surface area is 123 Å². The number of halogens is 3. The Balaban J connectivity index is 2.52. The molecule has 0 radical (unpaired) electrons. The maximum absolute atomic E-state index is 13.2. The summed E-state index contributed by atoms with van der Waals surface area (Å²) in [5, 5.41) is 9.31. The van der Waals surface area contributed by atoms with E-state index in [-0.39, 0.29) is 21.4 Å². The molecule has 112 valence electrons. The number of thiazole rings is 1. The van der Waals surface area contributed by atoms with Crippen molar-refractivity contribution in [3.63, 3.8) is 0 Å². The number of aromatic carboxylic acids is 1. The van der Waals surface area contributed by atoms with E-state index in [1.54, 1.807) is 0 Å². The zero-order chi connectivity index (χ0) is 15.7. The van der Waals surface area contributed by atoms with Gasteiger partial charge in [0.25, 0.3) is 0 Å². The van der Waals surface area contributed by atoms with Crippen molar-refractivity contribution in [3.05, 3.63) is 40.2 Å². The largest absolute Gasteiger partial charge is 0.477 e. The zero-order valence-electron chi connectivity index (χ0n) is 11.3. The van der Waals surface area contributed by atoms with Crippen LogP contribution in [0.2, 0.25) is 0 Å². The standard InChI is InChI=1S/C14H12F3NO2S/c1-6(2)3-10-12(14(19)20)21-13(18-10)7-4-8(15)11(17)9(16)5-7/h4-6H,3H2,1-2H3,(H,19,20). The summed E-state index contributed by atoms with van der Waals surface area (Å²) in [6, 6.07) is 1.62. The zero-order valence-corrected chi connectivity index (χ0v) is 12.1. The molecule has 2 aromatic rings. The average molecular weight is 315 g/mol. The van der Waals surface area contributed by atoms with Gasteiger partial charge in [-0.1, -0.05) is 13.8 Å². The van der Waals surface area contributed by atoms with Crippen LogP contribution in [0.15, 0.2) is 12.1 Å². The molecule has 0 amide bonds. The third kappa shape index (κ3) is 3.24. The summed E-state index contributed by atoms with van der Waals surface area (Å²) < 4.78 is 39.4. The number of carbonyl (C=O) groups is 1. The quantitative estimate of drug-likeness (QED) is 0.863. The minimum absolute atomic E-state index is 0.0221. The summed E-state index contributed by atoms with van der Waals surface area (Å²) in [7, 11) is 0. The van der Waals surface area contributed by atoms with E-state index in [0.717, 1.165) is 23.5 Å². The Morgan fingerprint density at radius 1 is 1.29 bits per heavy atom. The number of benzene rings is 1. The van der Waals surface area contributed by atoms with Crippen LogP contribution in [0.1, 0.15) is 29.2 Å². The van der Waals surface area contributed by atoms with E-state index < -0.39 is 23.4 Å². The molecule has 3 nitrogen and oxygen atoms in total. The van der Waals surface area contributed by atoms with E-state index in [9.17, 15) is 18.0 Å². The first-order valence-electron chi connectivity index (χ1n) is 6.17. The molecule has 0 saturated carbocycles. The lowest BCUT2D eigenvalue weighted by molar-refractivity contribution is 0.0700. The van der Waals surface area contributed by atoms with Gasteiger partial charge in [0.05, 0.1) is 5.69 Å². The summed E-state index contributed by atoms with van der Waals surface area (Å²) in [6.07, 6.45) is 0.435. The monoisotopic (exact) mass is 315 g/mol. The second-order valence-corrected chi connectivity index (χ2v) is 5.95. The van der Waals surface area contributed by atoms with Crippen molar-refractivity contribution < 1.29 is 23.1 Å². The molecule has 21 heavy (non-hydrogen) atoms. The minimum Gasteiger partial charge on any atom is -0.477 e. The summed E-state index contributed by atoms with van der Waals surface area (Å²) in [4.78, 5) is 15.4. The van der Waals surface area contributed by atoms with Crippen LogP contribution in [0.3, 0.4) is 0 Å². The lowest BCUT2D eigenvalue weighted by Gasteiger charge is -2.02. The Morgan fingerprint density at radius 3 is 2.33 bits per heavy atom. The first-order chi connectivity index (χ1) is 9.79. The van der Waals surface area contributed by atoms with Crippen molar-refractivity contribution >= 4 is 17.3 Å². The molecule has 0 aliphatic heterocycles. The topological polar surface area (TPSA) is 50.2 Å². The van der Waals surface area contributed by atoms with Gasteiger partial charge in [-0.2, -0.15) is 0 Å². The second kappa shape index (κ2) is 5.85. The van der Waals surface area contributed by atoms with Gasteiger partial charge in [0.2, 0.25) is 0 Å². The Hall–Kier alpha value is -1.89. The molecule has 1 aromatic carbocycles. The van der Waals surface area contributed by atoms with Gasteiger partial charge in [0.15, 0.2) is 17.5 Å². The highest BCUT2D eigenvalue weighted by Gasteiger charge is 2.20. The van der Waals surface area contributed by atoms with Gasteiger partial charge < -0.3 is 5.11 Å². The van der Waals surface area contributed by atoms with E-state index in [4.69, 9.17) is 5.11 Å². The maximum Gasteiger partial charge on any atom is 0.347 e. The van der Waals surface area contributed by atoms with Gasteiger partial charge in [0, 0.05) is 5.56 Å². The second-order valence-electron chi connectivity index (χ2n) is 4.95. The lowest BCUT2D eigenvalue weighted by atomic mass is 10.1. The third-order valence-corrected chi connectivity index (χ3v) is 3.86. The van der Waals surface area contributed by atoms with Crippen molar-refractivity contribution in [2.75, 3.05) is 0 Å². The van der Waals surface area contributed by atoms with Crippen molar-refractivity contribution in [2.24, 2.45) is 5.92 Å². The molecule has 7 heteroatoms. The number of nitrogens with zero attached hydrogens (tertiary/aromatic N) is 1. The molecule has 0 aliphatic carbocycles. The van der Waals surface area contributed by atoms with Crippen LogP contribution >= 0.6 is 11.3 Å². The molecule has 0 aliphatic rings. The fraction of sp³-hybridized carbons (Fsp3) is 0.286. The predicted molar refractivity (Wildman–Crippen MR) is 72.9 cm³/mol. The van der Waals surface area contributed by atoms with E-state index in [1.807, 2.05) is 13.8 Å². The van der Waals surface area contributed by atoms with E-state index in [2.05, 4.69) is 4.98 Å². The fourth-order valence-corrected chi connectivity index (χ4v) is 2.77. The average Bonchev–Trinajstić information content (AvgIpc) is 2.78. The summed E-state index contributed by atoms with van der Waals surface area (Å²) in [5.74, 6) is -5.18. The highest BCUT2D eigenvalue weighted by atomic mass is 32.1. The first kappa shape index (κ1) is 15.5. The molecule has 0 unspecified atom stereocenters. The highest BCUT2D eigenvalue weighted by Crippen LogP contribution is 2.31. The molecule has 2 rings (SSSR count). The van der Waals surface area contributed by atoms with Crippen molar-refractivity contribution in [3.8, 4) is 10.6 Å². The first-order valence-corrected chi connectivity index (χ1v) is 6.99. The smallest absolute Gasteiger partial charge is 0.347 e. The highest BCUT2D eigenvalue weighted by molar-refractivity contribution is 7.17. The third-order valence-electron chi connectivity index (χ3n) is 2.72. The maximum atomic E-state index is 13.2. The van der Waals surface area contributed by atoms with Crippen LogP contribution in [-0.4, -0.2) is 16.1 Å². The van der Waals surface area contributed by atoms with Gasteiger partial charge >= 0.3 is 5.97 Å². The van der Waals surface area contributed by atoms with Crippen LogP contribution in [0.4, 0.5) is 13.2 Å². The summed E-state index contributed by atoms with van der Waals surface area (Å²) >= 11 is 0.820. The number of carboxylic acid groups (broad SMARTS) is 1. The number of rotatable bonds is 4. The molecular formula is C14H12F3NO2S. The van der Waals surface area contributed by atoms with Gasteiger partial charge in [-0.3, -0.25) is 0 Å². The molecule has 1 N–H and O–H groups in total. The fourth-order valence-electron chi connectivity index (χ4n) is 1.85. The van der Waals surface area contributed by atoms with Crippen LogP contribution in [0.5, 0.6) is 0 Å². The van der Waals surface area contributed by atoms with Crippen molar-refractivity contribution in [1.82, 2.24) is 4.98 Å². The molecular weight excluding hydrogens is 303 g/mol.